The molecule has 2 atom stereocenters. The topological polar surface area (TPSA) is 83.1 Å². The first kappa shape index (κ1) is 28.1. The van der Waals surface area contributed by atoms with Crippen LogP contribution < -0.4 is 0 Å². The van der Waals surface area contributed by atoms with Gasteiger partial charge in [-0.3, -0.25) is 4.79 Å². The van der Waals surface area contributed by atoms with Crippen LogP contribution in [0, 0.1) is 5.82 Å². The zero-order valence-corrected chi connectivity index (χ0v) is 21.0. The number of carbonyl (C=O) groups is 1. The van der Waals surface area contributed by atoms with Crippen molar-refractivity contribution in [2.75, 3.05) is 6.54 Å². The third-order valence-electron chi connectivity index (χ3n) is 7.63. The summed E-state index contributed by atoms with van der Waals surface area (Å²) in [4.78, 5) is 20.6. The van der Waals surface area contributed by atoms with Gasteiger partial charge in [-0.25, -0.2) is 22.2 Å². The van der Waals surface area contributed by atoms with Gasteiger partial charge in [-0.05, 0) is 54.7 Å². The van der Waals surface area contributed by atoms with E-state index >= 15 is 0 Å². The second-order valence-corrected chi connectivity index (χ2v) is 11.8. The molecule has 15 heteroatoms. The van der Waals surface area contributed by atoms with E-state index in [4.69, 9.17) is 0 Å². The molecule has 1 amide bonds. The van der Waals surface area contributed by atoms with Gasteiger partial charge in [0.05, 0.1) is 10.9 Å². The van der Waals surface area contributed by atoms with Crippen molar-refractivity contribution >= 4 is 15.7 Å². The molecule has 1 aliphatic heterocycles. The fraction of sp³-hybridized carbons (Fsp3) is 0.360. The number of sulfone groups is 1. The summed E-state index contributed by atoms with van der Waals surface area (Å²) in [6, 6.07) is 4.05. The van der Waals surface area contributed by atoms with Gasteiger partial charge < -0.3 is 9.88 Å². The molecule has 3 aromatic rings. The number of benzene rings is 2. The molecule has 2 aromatic carbocycles. The van der Waals surface area contributed by atoms with Crippen molar-refractivity contribution < 1.29 is 48.3 Å². The molecule has 2 aliphatic rings. The first-order chi connectivity index (χ1) is 18.6. The molecular formula is C25H19F8N3O3S. The number of alkyl halides is 7. The minimum Gasteiger partial charge on any atom is -0.341 e. The average molecular weight is 593 g/mol. The zero-order valence-electron chi connectivity index (χ0n) is 20.2. The third-order valence-corrected chi connectivity index (χ3v) is 10.2. The van der Waals surface area contributed by atoms with Gasteiger partial charge >= 0.3 is 18.0 Å². The van der Waals surface area contributed by atoms with Crippen LogP contribution in [0.5, 0.6) is 0 Å². The van der Waals surface area contributed by atoms with E-state index in [-0.39, 0.29) is 53.7 Å². The van der Waals surface area contributed by atoms with Crippen LogP contribution in [-0.4, -0.2) is 54.1 Å². The molecule has 40 heavy (non-hydrogen) atoms. The van der Waals surface area contributed by atoms with E-state index in [0.717, 1.165) is 30.3 Å². The molecule has 6 nitrogen and oxygen atoms in total. The maximum Gasteiger partial charge on any atom is 0.435 e. The molecule has 1 aliphatic carbocycles. The van der Waals surface area contributed by atoms with Gasteiger partial charge in [0.1, 0.15) is 10.6 Å². The maximum atomic E-state index is 14.9. The van der Waals surface area contributed by atoms with Crippen molar-refractivity contribution in [3.05, 3.63) is 83.2 Å². The number of rotatable bonds is 4. The molecule has 1 N–H and O–H groups in total. The number of halogens is 8. The van der Waals surface area contributed by atoms with Gasteiger partial charge in [-0.15, -0.1) is 0 Å². The van der Waals surface area contributed by atoms with Crippen molar-refractivity contribution in [3.63, 3.8) is 0 Å². The second-order valence-electron chi connectivity index (χ2n) is 9.61. The summed E-state index contributed by atoms with van der Waals surface area (Å²) in [5, 5.41) is 0. The van der Waals surface area contributed by atoms with Crippen molar-refractivity contribution in [2.24, 2.45) is 0 Å². The van der Waals surface area contributed by atoms with Gasteiger partial charge in [-0.2, -0.15) is 26.3 Å². The lowest BCUT2D eigenvalue weighted by atomic mass is 9.76. The molecule has 1 saturated heterocycles. The van der Waals surface area contributed by atoms with Crippen molar-refractivity contribution in [1.82, 2.24) is 14.9 Å². The normalized spacial score (nSPS) is 21.7. The number of aromatic amines is 1. The number of hydrogen-bond donors (Lipinski definition) is 1. The average Bonchev–Trinajstić information content (AvgIpc) is 3.56. The number of aromatic nitrogens is 2. The predicted molar refractivity (Wildman–Crippen MR) is 123 cm³/mol. The van der Waals surface area contributed by atoms with Crippen LogP contribution in [0.1, 0.15) is 40.2 Å². The lowest BCUT2D eigenvalue weighted by molar-refractivity contribution is -0.348. The standard InChI is InChI=1S/C25H19F8N3O3S/c26-16-3-5-17(6-4-16)40(38,39)22-9-12-36(21(37)20-34-10-11-35-20)19(22)8-1-14-13-15(2-7-18(14)22)23(27,24(28,29)30)25(31,32)33/h2-7,10-11,13,19H,1,8-9,12H2,(H,34,35)/t19-,22-/m1/s1. The van der Waals surface area contributed by atoms with Crippen LogP contribution in [0.15, 0.2) is 59.8 Å². The minimum absolute atomic E-state index is 0.103. The molecule has 0 spiro atoms. The number of fused-ring (bicyclic) bond motifs is 3. The van der Waals surface area contributed by atoms with Crippen molar-refractivity contribution in [2.45, 2.75) is 53.0 Å². The number of amides is 1. The number of H-pyrrole nitrogens is 1. The molecule has 0 unspecified atom stereocenters. The molecule has 2 heterocycles. The summed E-state index contributed by atoms with van der Waals surface area (Å²) < 4.78 is 136. The summed E-state index contributed by atoms with van der Waals surface area (Å²) in [7, 11) is -4.56. The highest BCUT2D eigenvalue weighted by molar-refractivity contribution is 7.92. The SMILES string of the molecule is O=C(c1ncc[nH]1)N1CC[C@@]2(S(=O)(=O)c3ccc(F)cc3)c3ccc(C(F)(C(F)(F)F)C(F)(F)F)cc3CC[C@@H]12. The molecule has 0 radical (unpaired) electrons. The summed E-state index contributed by atoms with van der Waals surface area (Å²) in [6.45, 7) is -0.149. The molecular weight excluding hydrogens is 574 g/mol. The minimum atomic E-state index is -6.35. The number of imidazole rings is 1. The Bertz CT molecular complexity index is 1540. The van der Waals surface area contributed by atoms with Gasteiger partial charge in [0.15, 0.2) is 15.7 Å². The van der Waals surface area contributed by atoms with Crippen LogP contribution in [-0.2, 0) is 26.7 Å². The fourth-order valence-electron chi connectivity index (χ4n) is 5.82. The number of aryl methyl sites for hydroxylation is 1. The Morgan fingerprint density at radius 1 is 1.00 bits per heavy atom. The lowest BCUT2D eigenvalue weighted by Crippen LogP contribution is -2.53. The monoisotopic (exact) mass is 593 g/mol. The van der Waals surface area contributed by atoms with Crippen molar-refractivity contribution in [1.29, 1.82) is 0 Å². The van der Waals surface area contributed by atoms with Crippen molar-refractivity contribution in [3.8, 4) is 0 Å². The van der Waals surface area contributed by atoms with E-state index in [1.54, 1.807) is 0 Å². The largest absolute Gasteiger partial charge is 0.435 e. The fourth-order valence-corrected chi connectivity index (χ4v) is 8.18. The smallest absolute Gasteiger partial charge is 0.341 e. The highest BCUT2D eigenvalue weighted by atomic mass is 32.2. The number of nitrogens with one attached hydrogen (secondary N) is 1. The number of carbonyl (C=O) groups excluding carboxylic acids is 1. The first-order valence-corrected chi connectivity index (χ1v) is 13.3. The van der Waals surface area contributed by atoms with Crippen LogP contribution in [0.25, 0.3) is 0 Å². The van der Waals surface area contributed by atoms with E-state index in [0.29, 0.717) is 6.07 Å². The molecule has 0 bridgehead atoms. The van der Waals surface area contributed by atoms with Crippen LogP contribution in [0.3, 0.4) is 0 Å². The van der Waals surface area contributed by atoms with Crippen LogP contribution >= 0.6 is 0 Å². The Morgan fingerprint density at radius 3 is 2.23 bits per heavy atom. The van der Waals surface area contributed by atoms with Gasteiger partial charge in [0.25, 0.3) is 5.91 Å². The number of likely N-dealkylation sites (tertiary alicyclic amines) is 1. The molecule has 1 aromatic heterocycles. The summed E-state index contributed by atoms with van der Waals surface area (Å²) >= 11 is 0. The van der Waals surface area contributed by atoms with E-state index < -0.39 is 55.9 Å². The number of hydrogen-bond acceptors (Lipinski definition) is 4. The highest BCUT2D eigenvalue weighted by Gasteiger charge is 2.73. The maximum absolute atomic E-state index is 14.9. The Kier molecular flexibility index (Phi) is 6.32. The Labute approximate surface area is 221 Å². The molecule has 214 valence electrons. The van der Waals surface area contributed by atoms with E-state index in [9.17, 15) is 48.3 Å². The molecule has 1 fully saturated rings. The van der Waals surface area contributed by atoms with Gasteiger partial charge in [-0.1, -0.05) is 18.2 Å². The van der Waals surface area contributed by atoms with Gasteiger partial charge in [0, 0.05) is 24.5 Å². The second kappa shape index (κ2) is 9.01. The predicted octanol–water partition coefficient (Wildman–Crippen LogP) is 5.37. The highest BCUT2D eigenvalue weighted by Crippen LogP contribution is 2.56. The summed E-state index contributed by atoms with van der Waals surface area (Å²) in [6.07, 6.45) is -10.7. The third kappa shape index (κ3) is 3.84. The molecule has 0 saturated carbocycles. The lowest BCUT2D eigenvalue weighted by Gasteiger charge is -2.43. The number of nitrogens with zero attached hydrogens (tertiary/aromatic N) is 2. The van der Waals surface area contributed by atoms with Crippen LogP contribution in [0.2, 0.25) is 0 Å². The Morgan fingerprint density at radius 2 is 1.65 bits per heavy atom. The van der Waals surface area contributed by atoms with E-state index in [1.807, 2.05) is 0 Å². The van der Waals surface area contributed by atoms with Gasteiger partial charge in [0.2, 0.25) is 0 Å². The summed E-state index contributed by atoms with van der Waals surface area (Å²) in [5.41, 5.74) is -7.83. The first-order valence-electron chi connectivity index (χ1n) is 11.8. The Balaban J connectivity index is 1.71. The van der Waals surface area contributed by atoms with Crippen LogP contribution in [0.4, 0.5) is 35.1 Å². The Hall–Kier alpha value is -3.49. The van der Waals surface area contributed by atoms with E-state index in [1.165, 1.54) is 17.3 Å². The summed E-state index contributed by atoms with van der Waals surface area (Å²) in [5.74, 6) is -1.52. The quantitative estimate of drug-likeness (QED) is 0.326. The zero-order chi connectivity index (χ0) is 29.3. The molecule has 5 rings (SSSR count). The van der Waals surface area contributed by atoms with E-state index in [2.05, 4.69) is 9.97 Å².